The van der Waals surface area contributed by atoms with E-state index in [9.17, 15) is 4.39 Å². The molecule has 0 amide bonds. The van der Waals surface area contributed by atoms with Gasteiger partial charge in [-0.3, -0.25) is 0 Å². The van der Waals surface area contributed by atoms with Crippen LogP contribution in [0.3, 0.4) is 0 Å². The monoisotopic (exact) mass is 263 g/mol. The summed E-state index contributed by atoms with van der Waals surface area (Å²) in [6.07, 6.45) is 0. The molecular formula is C10H6FN5O3. The number of halogens is 1. The molecule has 0 spiro atoms. The van der Waals surface area contributed by atoms with Crippen molar-refractivity contribution in [2.75, 3.05) is 5.73 Å². The molecule has 0 unspecified atom stereocenters. The lowest BCUT2D eigenvalue weighted by molar-refractivity contribution is 0.308. The summed E-state index contributed by atoms with van der Waals surface area (Å²) in [6, 6.07) is 3.71. The second kappa shape index (κ2) is 4.05. The maximum Gasteiger partial charge on any atom is 0.284 e. The lowest BCUT2D eigenvalue weighted by Gasteiger charge is -1.96. The van der Waals surface area contributed by atoms with Gasteiger partial charge in [-0.05, 0) is 28.5 Å². The second-order valence-electron chi connectivity index (χ2n) is 3.59. The van der Waals surface area contributed by atoms with Crippen LogP contribution in [0, 0.1) is 5.82 Å². The number of hydrogen-bond donors (Lipinski definition) is 2. The molecule has 0 fully saturated rings. The Bertz CT molecular complexity index is 738. The van der Waals surface area contributed by atoms with E-state index in [1.165, 1.54) is 12.1 Å². The summed E-state index contributed by atoms with van der Waals surface area (Å²) >= 11 is 0. The summed E-state index contributed by atoms with van der Waals surface area (Å²) in [5.41, 5.74) is 5.92. The van der Waals surface area contributed by atoms with E-state index in [-0.39, 0.29) is 23.2 Å². The van der Waals surface area contributed by atoms with Crippen LogP contribution in [0.2, 0.25) is 0 Å². The zero-order chi connectivity index (χ0) is 13.4. The Hall–Kier alpha value is -2.97. The van der Waals surface area contributed by atoms with Crippen LogP contribution in [0.15, 0.2) is 27.4 Å². The number of aromatic hydroxyl groups is 1. The molecular weight excluding hydrogens is 257 g/mol. The number of anilines is 1. The van der Waals surface area contributed by atoms with Crippen LogP contribution in [0.1, 0.15) is 0 Å². The minimum Gasteiger partial charge on any atom is -0.505 e. The number of hydrogen-bond acceptors (Lipinski definition) is 8. The molecule has 19 heavy (non-hydrogen) atoms. The SMILES string of the molecule is Nc1nonc1-c1nc(-c2ccc(O)c(F)c2)no1. The number of phenols is 1. The van der Waals surface area contributed by atoms with Crippen molar-refractivity contribution in [2.24, 2.45) is 0 Å². The zero-order valence-corrected chi connectivity index (χ0v) is 9.24. The zero-order valence-electron chi connectivity index (χ0n) is 9.24. The van der Waals surface area contributed by atoms with Crippen molar-refractivity contribution >= 4 is 5.82 Å². The first-order chi connectivity index (χ1) is 9.15. The highest BCUT2D eigenvalue weighted by atomic mass is 19.1. The molecule has 0 radical (unpaired) electrons. The van der Waals surface area contributed by atoms with Gasteiger partial charge in [-0.1, -0.05) is 5.16 Å². The Morgan fingerprint density at radius 1 is 1.21 bits per heavy atom. The van der Waals surface area contributed by atoms with Crippen molar-refractivity contribution in [1.82, 2.24) is 20.5 Å². The molecule has 96 valence electrons. The molecule has 8 nitrogen and oxygen atoms in total. The van der Waals surface area contributed by atoms with Crippen LogP contribution in [-0.2, 0) is 0 Å². The molecule has 9 heteroatoms. The van der Waals surface area contributed by atoms with E-state index < -0.39 is 11.6 Å². The molecule has 1 aromatic carbocycles. The van der Waals surface area contributed by atoms with Gasteiger partial charge in [0.1, 0.15) is 0 Å². The van der Waals surface area contributed by atoms with Crippen LogP contribution in [0.4, 0.5) is 10.2 Å². The maximum absolute atomic E-state index is 13.2. The highest BCUT2D eigenvalue weighted by molar-refractivity contribution is 5.64. The van der Waals surface area contributed by atoms with Crippen LogP contribution in [-0.4, -0.2) is 25.6 Å². The van der Waals surface area contributed by atoms with Gasteiger partial charge in [0.2, 0.25) is 17.3 Å². The van der Waals surface area contributed by atoms with E-state index >= 15 is 0 Å². The lowest BCUT2D eigenvalue weighted by Crippen LogP contribution is -1.88. The largest absolute Gasteiger partial charge is 0.505 e. The highest BCUT2D eigenvalue weighted by Crippen LogP contribution is 2.26. The third-order valence-corrected chi connectivity index (χ3v) is 2.35. The van der Waals surface area contributed by atoms with Crippen molar-refractivity contribution < 1.29 is 18.6 Å². The molecule has 2 heterocycles. The van der Waals surface area contributed by atoms with Crippen molar-refractivity contribution in [1.29, 1.82) is 0 Å². The molecule has 0 saturated heterocycles. The fourth-order valence-electron chi connectivity index (χ4n) is 1.43. The average molecular weight is 263 g/mol. The normalized spacial score (nSPS) is 10.8. The molecule has 3 aromatic rings. The topological polar surface area (TPSA) is 124 Å². The van der Waals surface area contributed by atoms with Crippen molar-refractivity contribution in [3.05, 3.63) is 24.0 Å². The molecule has 0 aliphatic rings. The van der Waals surface area contributed by atoms with Gasteiger partial charge < -0.3 is 15.4 Å². The first-order valence-electron chi connectivity index (χ1n) is 5.06. The van der Waals surface area contributed by atoms with Gasteiger partial charge in [0.05, 0.1) is 0 Å². The Morgan fingerprint density at radius 3 is 2.74 bits per heavy atom. The Morgan fingerprint density at radius 2 is 2.05 bits per heavy atom. The maximum atomic E-state index is 13.2. The lowest BCUT2D eigenvalue weighted by atomic mass is 10.2. The van der Waals surface area contributed by atoms with E-state index in [2.05, 4.69) is 25.1 Å². The molecule has 0 saturated carbocycles. The minimum atomic E-state index is -0.786. The first-order valence-corrected chi connectivity index (χ1v) is 5.06. The van der Waals surface area contributed by atoms with Crippen LogP contribution in [0.25, 0.3) is 23.0 Å². The van der Waals surface area contributed by atoms with Crippen LogP contribution in [0.5, 0.6) is 5.75 Å². The number of nitrogen functional groups attached to an aromatic ring is 1. The van der Waals surface area contributed by atoms with Gasteiger partial charge in [-0.25, -0.2) is 9.02 Å². The first kappa shape index (κ1) is 11.1. The fraction of sp³-hybridized carbons (Fsp3) is 0. The number of aromatic nitrogens is 4. The number of nitrogens with two attached hydrogens (primary N) is 1. The Kier molecular flexibility index (Phi) is 2.37. The average Bonchev–Trinajstić information content (AvgIpc) is 3.01. The summed E-state index contributed by atoms with van der Waals surface area (Å²) in [7, 11) is 0. The molecule has 0 aliphatic carbocycles. The predicted molar refractivity (Wildman–Crippen MR) is 59.1 cm³/mol. The molecule has 0 atom stereocenters. The van der Waals surface area contributed by atoms with Crippen LogP contribution >= 0.6 is 0 Å². The molecule has 2 aromatic heterocycles. The van der Waals surface area contributed by atoms with Crippen LogP contribution < -0.4 is 5.73 Å². The van der Waals surface area contributed by atoms with Crippen molar-refractivity contribution in [2.45, 2.75) is 0 Å². The molecule has 0 bridgehead atoms. The highest BCUT2D eigenvalue weighted by Gasteiger charge is 2.18. The second-order valence-corrected chi connectivity index (χ2v) is 3.59. The third-order valence-electron chi connectivity index (χ3n) is 2.35. The predicted octanol–water partition coefficient (Wildman–Crippen LogP) is 1.21. The van der Waals surface area contributed by atoms with E-state index in [4.69, 9.17) is 15.4 Å². The summed E-state index contributed by atoms with van der Waals surface area (Å²) in [4.78, 5) is 3.99. The van der Waals surface area contributed by atoms with Gasteiger partial charge in [0.25, 0.3) is 5.89 Å². The standard InChI is InChI=1S/C10H6FN5O3/c11-5-3-4(1-2-6(5)17)9-13-10(18-16-9)7-8(12)15-19-14-7/h1-3,17H,(H2,12,15). The quantitative estimate of drug-likeness (QED) is 0.706. The van der Waals surface area contributed by atoms with Gasteiger partial charge in [0.15, 0.2) is 11.6 Å². The van der Waals surface area contributed by atoms with Gasteiger partial charge in [-0.15, -0.1) is 0 Å². The van der Waals surface area contributed by atoms with E-state index in [1.807, 2.05) is 0 Å². The number of rotatable bonds is 2. The fourth-order valence-corrected chi connectivity index (χ4v) is 1.43. The van der Waals surface area contributed by atoms with Crippen molar-refractivity contribution in [3.63, 3.8) is 0 Å². The molecule has 0 aliphatic heterocycles. The number of benzene rings is 1. The Balaban J connectivity index is 2.01. The van der Waals surface area contributed by atoms with Crippen molar-refractivity contribution in [3.8, 4) is 28.7 Å². The van der Waals surface area contributed by atoms with Gasteiger partial charge >= 0.3 is 0 Å². The molecule has 3 rings (SSSR count). The van der Waals surface area contributed by atoms with E-state index in [1.54, 1.807) is 0 Å². The van der Waals surface area contributed by atoms with E-state index in [0.717, 1.165) is 6.07 Å². The summed E-state index contributed by atoms with van der Waals surface area (Å²) in [5.74, 6) is -1.12. The van der Waals surface area contributed by atoms with Gasteiger partial charge in [0, 0.05) is 5.56 Å². The minimum absolute atomic E-state index is 0.00207. The Labute approximate surface area is 104 Å². The smallest absolute Gasteiger partial charge is 0.284 e. The summed E-state index contributed by atoms with van der Waals surface area (Å²) in [5, 5.41) is 19.6. The molecule has 3 N–H and O–H groups in total. The third kappa shape index (κ3) is 1.86. The van der Waals surface area contributed by atoms with E-state index in [0.29, 0.717) is 5.56 Å². The summed E-state index contributed by atoms with van der Waals surface area (Å²) in [6.45, 7) is 0. The summed E-state index contributed by atoms with van der Waals surface area (Å²) < 4.78 is 22.5. The number of nitrogens with zero attached hydrogens (tertiary/aromatic N) is 4. The van der Waals surface area contributed by atoms with Gasteiger partial charge in [-0.2, -0.15) is 4.98 Å². The number of phenolic OH excluding ortho intramolecular Hbond substituents is 1.